The van der Waals surface area contributed by atoms with E-state index in [0.717, 1.165) is 66.1 Å². The highest BCUT2D eigenvalue weighted by Gasteiger charge is 2.46. The number of fused-ring (bicyclic) bond motifs is 6. The van der Waals surface area contributed by atoms with E-state index in [4.69, 9.17) is 62.2 Å². The van der Waals surface area contributed by atoms with E-state index in [0.29, 0.717) is 21.2 Å². The number of rotatable bonds is 9. The molecule has 0 aliphatic heterocycles. The van der Waals surface area contributed by atoms with Gasteiger partial charge >= 0.3 is 10.4 Å². The molecule has 2 atom stereocenters. The molecule has 0 fully saturated rings. The molecule has 4 N–H and O–H groups in total. The van der Waals surface area contributed by atoms with E-state index in [-0.39, 0.29) is 5.78 Å². The summed E-state index contributed by atoms with van der Waals surface area (Å²) in [6.07, 6.45) is 0. The Labute approximate surface area is 616 Å². The van der Waals surface area contributed by atoms with Gasteiger partial charge in [0, 0.05) is 43.2 Å². The van der Waals surface area contributed by atoms with Crippen LogP contribution in [0.15, 0.2) is 362 Å². The van der Waals surface area contributed by atoms with Gasteiger partial charge in [0.1, 0.15) is 5.60 Å². The van der Waals surface area contributed by atoms with Gasteiger partial charge in [-0.05, 0) is 160 Å². The van der Waals surface area contributed by atoms with Gasteiger partial charge in [-0.3, -0.25) is 18.7 Å². The van der Waals surface area contributed by atoms with Crippen LogP contribution in [0, 0.1) is 0 Å². The van der Waals surface area contributed by atoms with Gasteiger partial charge < -0.3 is 10.2 Å². The molecule has 0 saturated carbocycles. The topological polar surface area (TPSA) is 149 Å². The number of aliphatic carboxylic acids is 1. The lowest BCUT2D eigenvalue weighted by atomic mass is 9.67. The normalized spacial score (nSPS) is 13.0. The molecule has 16 rings (SSSR count). The summed E-state index contributed by atoms with van der Waals surface area (Å²) in [5, 5.41) is 29.3. The maximum atomic E-state index is 12.7. The van der Waals surface area contributed by atoms with Crippen LogP contribution >= 0.6 is 50.7 Å². The van der Waals surface area contributed by atoms with Crippen LogP contribution in [0.25, 0.3) is 65.7 Å². The van der Waals surface area contributed by atoms with E-state index in [1.165, 1.54) is 54.9 Å². The van der Waals surface area contributed by atoms with Crippen molar-refractivity contribution < 1.29 is 37.3 Å². The summed E-state index contributed by atoms with van der Waals surface area (Å²) in [6.45, 7) is 1.08. The highest BCUT2D eigenvalue weighted by Crippen LogP contribution is 2.57. The van der Waals surface area contributed by atoms with Gasteiger partial charge in [-0.25, -0.2) is 0 Å². The molecule has 102 heavy (non-hydrogen) atoms. The van der Waals surface area contributed by atoms with Crippen molar-refractivity contribution in [3.63, 3.8) is 0 Å². The van der Waals surface area contributed by atoms with Crippen LogP contribution in [0.3, 0.4) is 0 Å². The number of carboxylic acids is 1. The van der Waals surface area contributed by atoms with Crippen LogP contribution < -0.4 is 0 Å². The lowest BCUT2D eigenvalue weighted by Crippen LogP contribution is -2.29. The fourth-order valence-electron chi connectivity index (χ4n) is 12.9. The third-order valence-electron chi connectivity index (χ3n) is 17.3. The summed E-state index contributed by atoms with van der Waals surface area (Å²) in [4.78, 5) is 21.7. The molecular weight excluding hydrogens is 1420 g/mol. The van der Waals surface area contributed by atoms with E-state index in [1.807, 2.05) is 182 Å². The van der Waals surface area contributed by atoms with Crippen molar-refractivity contribution in [3.05, 3.63) is 428 Å². The van der Waals surface area contributed by atoms with Crippen LogP contribution in [-0.2, 0) is 26.2 Å². The van der Waals surface area contributed by atoms with Gasteiger partial charge in [0.25, 0.3) is 5.97 Å². The maximum Gasteiger partial charge on any atom is 0.394 e. The van der Waals surface area contributed by atoms with Crippen molar-refractivity contribution in [1.82, 2.24) is 0 Å². The molecule has 0 radical (unpaired) electrons. The number of carbonyl (C=O) groups is 2. The summed E-state index contributed by atoms with van der Waals surface area (Å²) < 4.78 is 32.7. The zero-order valence-electron chi connectivity index (χ0n) is 54.9. The van der Waals surface area contributed by atoms with Crippen LogP contribution in [0.1, 0.15) is 61.8 Å². The molecule has 8 nitrogen and oxygen atoms in total. The average molecular weight is 1480 g/mol. The number of carbonyl (C=O) groups excluding carboxylic acids is 1. The zero-order valence-corrected chi connectivity index (χ0v) is 59.6. The maximum absolute atomic E-state index is 12.7. The Morgan fingerprint density at radius 1 is 0.373 bits per heavy atom. The lowest BCUT2D eigenvalue weighted by Gasteiger charge is -2.34. The summed E-state index contributed by atoms with van der Waals surface area (Å²) in [5.74, 6) is -0.804. The molecule has 2 unspecified atom stereocenters. The first-order chi connectivity index (χ1) is 49.3. The zero-order chi connectivity index (χ0) is 71.8. The molecule has 0 spiro atoms. The van der Waals surface area contributed by atoms with Crippen LogP contribution in [-0.4, -0.2) is 39.5 Å². The number of ketones is 1. The Kier molecular flexibility index (Phi) is 23.7. The highest BCUT2D eigenvalue weighted by atomic mass is 79.9. The molecule has 0 amide bonds. The van der Waals surface area contributed by atoms with Gasteiger partial charge in [-0.15, -0.1) is 0 Å². The summed E-state index contributed by atoms with van der Waals surface area (Å²) in [6, 6.07) is 120. The lowest BCUT2D eigenvalue weighted by molar-refractivity contribution is -0.134. The van der Waals surface area contributed by atoms with E-state index in [1.54, 1.807) is 0 Å². The molecule has 1 aliphatic carbocycles. The highest BCUT2D eigenvalue weighted by molar-refractivity contribution is 9.10. The van der Waals surface area contributed by atoms with E-state index < -0.39 is 27.4 Å². The van der Waals surface area contributed by atoms with Crippen molar-refractivity contribution >= 4 is 105 Å². The Morgan fingerprint density at radius 2 is 0.784 bits per heavy atom. The summed E-state index contributed by atoms with van der Waals surface area (Å²) >= 11 is 22.1. The Bertz CT molecular complexity index is 5520. The van der Waals surface area contributed by atoms with E-state index in [9.17, 15) is 9.90 Å². The van der Waals surface area contributed by atoms with Crippen molar-refractivity contribution in [3.8, 4) is 33.4 Å². The largest absolute Gasteiger partial charge is 0.481 e. The standard InChI is InChI=1S/C29H21ClO.C29H19Cl.C19H13ClO.C10H7Br.C2H4O2.H2O4S/c30-26-18-15-22(16-19-26)27-12-6-7-13-28(27)29(31,24-10-2-1-3-11-24)25-17-14-21-8-4-5-9-23(21)20-25;30-24-16-17-26-25-12-6-7-13-27(25)29(28(26)19-24,22-10-2-1-3-11-22)23-15-14-20-8-4-5-9-21(20)18-23;20-16-12-10-14(11-13-16)17-8-4-5-9-18(17)19(21)15-6-2-1-3-7-15;11-10-6-5-8-3-1-2-4-9(8)7-10;1-2(3)4;1-5(2,3)4/h1-20,31H;1-19H;1-13H;1-7H;1H3,(H,3,4);(H2,1,2,3,4). The number of carboxylic acid groups (broad SMARTS) is 1. The quantitative estimate of drug-likeness (QED) is 0.0634. The SMILES string of the molecule is Brc1ccc2ccccc2c1.CC(=O)O.Clc1ccc2c(c1)C(c1ccccc1)(c1ccc3ccccc3c1)c1ccccc1-2.O=C(c1ccccc1)c1ccccc1-c1ccc(Cl)cc1.O=S(=O)(O)O.OC(c1ccccc1)(c1ccc2ccccc2c1)c1ccccc1-c1ccc(Cl)cc1. The second-order valence-corrected chi connectivity index (χ2v) is 26.9. The minimum atomic E-state index is -4.67. The minimum Gasteiger partial charge on any atom is -0.481 e. The van der Waals surface area contributed by atoms with Gasteiger partial charge in [0.05, 0.1) is 5.41 Å². The average Bonchev–Trinajstić information content (AvgIpc) is 1.52. The smallest absolute Gasteiger partial charge is 0.394 e. The summed E-state index contributed by atoms with van der Waals surface area (Å²) in [7, 11) is -4.67. The second-order valence-electron chi connectivity index (χ2n) is 23.8. The van der Waals surface area contributed by atoms with E-state index in [2.05, 4.69) is 192 Å². The van der Waals surface area contributed by atoms with Crippen LogP contribution in [0.5, 0.6) is 0 Å². The molecule has 15 aromatic rings. The van der Waals surface area contributed by atoms with Gasteiger partial charge in [-0.1, -0.05) is 348 Å². The fraction of sp³-hybridized carbons (Fsp3) is 0.0337. The van der Waals surface area contributed by atoms with Gasteiger partial charge in [0.15, 0.2) is 5.78 Å². The number of aliphatic hydroxyl groups is 1. The Morgan fingerprint density at radius 3 is 1.36 bits per heavy atom. The Balaban J connectivity index is 0.000000137. The van der Waals surface area contributed by atoms with Crippen molar-refractivity contribution in [2.24, 2.45) is 0 Å². The van der Waals surface area contributed by atoms with E-state index >= 15 is 0 Å². The molecule has 13 heteroatoms. The third-order valence-corrected chi connectivity index (χ3v) is 18.5. The van der Waals surface area contributed by atoms with Gasteiger partial charge in [0.2, 0.25) is 0 Å². The first kappa shape index (κ1) is 72.6. The molecule has 0 bridgehead atoms. The van der Waals surface area contributed by atoms with Crippen molar-refractivity contribution in [1.29, 1.82) is 0 Å². The molecule has 0 aromatic heterocycles. The summed E-state index contributed by atoms with van der Waals surface area (Å²) in [5.41, 5.74) is 13.7. The predicted molar refractivity (Wildman–Crippen MR) is 422 cm³/mol. The molecule has 1 aliphatic rings. The first-order valence-electron chi connectivity index (χ1n) is 32.4. The minimum absolute atomic E-state index is 0.0288. The first-order valence-corrected chi connectivity index (χ1v) is 35.7. The number of benzene rings is 15. The number of hydrogen-bond donors (Lipinski definition) is 4. The van der Waals surface area contributed by atoms with Gasteiger partial charge in [-0.2, -0.15) is 8.42 Å². The monoisotopic (exact) mass is 1480 g/mol. The molecular formula is C89H66BrCl3O8S. The van der Waals surface area contributed by atoms with Crippen LogP contribution in [0.4, 0.5) is 0 Å². The molecule has 0 saturated heterocycles. The van der Waals surface area contributed by atoms with Crippen molar-refractivity contribution in [2.45, 2.75) is 17.9 Å². The molecule has 0 heterocycles. The number of hydrogen-bond acceptors (Lipinski definition) is 5. The second kappa shape index (κ2) is 33.3. The molecule has 504 valence electrons. The Hall–Kier alpha value is -10.6. The fourth-order valence-corrected chi connectivity index (χ4v) is 13.7. The number of halogens is 4. The molecule has 15 aromatic carbocycles. The van der Waals surface area contributed by atoms with Crippen LogP contribution in [0.2, 0.25) is 15.1 Å². The van der Waals surface area contributed by atoms with Crippen molar-refractivity contribution in [2.75, 3.05) is 0 Å². The third kappa shape index (κ3) is 17.2. The predicted octanol–water partition coefficient (Wildman–Crippen LogP) is 23.6.